The molecule has 1 aromatic heterocycles. The van der Waals surface area contributed by atoms with Crippen LogP contribution in [0, 0.1) is 0 Å². The van der Waals surface area contributed by atoms with Gasteiger partial charge in [-0.1, -0.05) is 0 Å². The average molecular weight is 308 g/mol. The number of hydrogen-bond acceptors (Lipinski definition) is 4. The molecule has 1 amide bonds. The lowest BCUT2D eigenvalue weighted by Gasteiger charge is -2.11. The number of nitrogens with zero attached hydrogens (tertiary/aromatic N) is 2. The van der Waals surface area contributed by atoms with E-state index in [0.717, 1.165) is 10.00 Å². The SMILES string of the molecule is CN(C)S(=O)(=O)c1ccc(C(=O)NCc2cnc[nH]2)cc1. The highest BCUT2D eigenvalue weighted by atomic mass is 32.2. The Bertz CT molecular complexity index is 706. The predicted octanol–water partition coefficient (Wildman–Crippen LogP) is 0.590. The molecule has 1 heterocycles. The summed E-state index contributed by atoms with van der Waals surface area (Å²) in [5.74, 6) is -0.279. The second-order valence-corrected chi connectivity index (χ2v) is 6.72. The highest BCUT2D eigenvalue weighted by Crippen LogP contribution is 2.14. The number of H-pyrrole nitrogens is 1. The molecular formula is C13H16N4O3S. The van der Waals surface area contributed by atoms with Gasteiger partial charge in [-0.05, 0) is 24.3 Å². The Morgan fingerprint density at radius 3 is 2.48 bits per heavy atom. The Morgan fingerprint density at radius 1 is 1.29 bits per heavy atom. The fourth-order valence-electron chi connectivity index (χ4n) is 1.65. The number of hydrogen-bond donors (Lipinski definition) is 2. The summed E-state index contributed by atoms with van der Waals surface area (Å²) in [7, 11) is -0.561. The molecule has 0 unspecified atom stereocenters. The van der Waals surface area contributed by atoms with E-state index in [0.29, 0.717) is 12.1 Å². The van der Waals surface area contributed by atoms with E-state index in [4.69, 9.17) is 0 Å². The van der Waals surface area contributed by atoms with E-state index in [2.05, 4.69) is 15.3 Å². The number of sulfonamides is 1. The quantitative estimate of drug-likeness (QED) is 0.845. The topological polar surface area (TPSA) is 95.2 Å². The van der Waals surface area contributed by atoms with Crippen molar-refractivity contribution in [3.63, 3.8) is 0 Å². The summed E-state index contributed by atoms with van der Waals surface area (Å²) in [6.07, 6.45) is 3.15. The molecule has 0 aliphatic rings. The second-order valence-electron chi connectivity index (χ2n) is 4.57. The first kappa shape index (κ1) is 15.2. The summed E-state index contributed by atoms with van der Waals surface area (Å²) in [6, 6.07) is 5.80. The molecule has 0 fully saturated rings. The number of aromatic amines is 1. The lowest BCUT2D eigenvalue weighted by atomic mass is 10.2. The molecule has 1 aromatic carbocycles. The molecule has 2 N–H and O–H groups in total. The molecule has 0 saturated carbocycles. The summed E-state index contributed by atoms with van der Waals surface area (Å²) in [5, 5.41) is 2.71. The number of amides is 1. The maximum atomic E-state index is 11.9. The van der Waals surface area contributed by atoms with Gasteiger partial charge in [-0.2, -0.15) is 0 Å². The van der Waals surface area contributed by atoms with Crippen molar-refractivity contribution in [2.75, 3.05) is 14.1 Å². The van der Waals surface area contributed by atoms with Crippen LogP contribution in [0.4, 0.5) is 0 Å². The molecule has 0 atom stereocenters. The number of aromatic nitrogens is 2. The van der Waals surface area contributed by atoms with Crippen LogP contribution in [-0.4, -0.2) is 42.7 Å². The molecule has 0 bridgehead atoms. The van der Waals surface area contributed by atoms with Crippen LogP contribution in [0.15, 0.2) is 41.7 Å². The third kappa shape index (κ3) is 3.47. The van der Waals surface area contributed by atoms with Crippen LogP contribution >= 0.6 is 0 Å². The standard InChI is InChI=1S/C13H16N4O3S/c1-17(2)21(19,20)12-5-3-10(4-6-12)13(18)15-8-11-7-14-9-16-11/h3-7,9H,8H2,1-2H3,(H,14,16)(H,15,18). The third-order valence-corrected chi connectivity index (χ3v) is 4.72. The first-order valence-electron chi connectivity index (χ1n) is 6.19. The van der Waals surface area contributed by atoms with Gasteiger partial charge in [-0.15, -0.1) is 0 Å². The van der Waals surface area contributed by atoms with Crippen LogP contribution in [0.3, 0.4) is 0 Å². The molecule has 2 rings (SSSR count). The number of imidazole rings is 1. The second kappa shape index (κ2) is 6.06. The Labute approximate surface area is 123 Å². The van der Waals surface area contributed by atoms with Gasteiger partial charge in [-0.3, -0.25) is 4.79 Å². The molecule has 112 valence electrons. The van der Waals surface area contributed by atoms with Crippen molar-refractivity contribution < 1.29 is 13.2 Å². The largest absolute Gasteiger partial charge is 0.347 e. The van der Waals surface area contributed by atoms with Crippen LogP contribution in [0.5, 0.6) is 0 Å². The van der Waals surface area contributed by atoms with Gasteiger partial charge in [0.25, 0.3) is 5.91 Å². The number of rotatable bonds is 5. The van der Waals surface area contributed by atoms with Crippen molar-refractivity contribution in [3.8, 4) is 0 Å². The molecule has 7 nitrogen and oxygen atoms in total. The highest BCUT2D eigenvalue weighted by Gasteiger charge is 2.17. The zero-order valence-electron chi connectivity index (χ0n) is 11.7. The van der Waals surface area contributed by atoms with Gasteiger partial charge in [-0.25, -0.2) is 17.7 Å². The Balaban J connectivity index is 2.07. The first-order valence-corrected chi connectivity index (χ1v) is 7.63. The summed E-state index contributed by atoms with van der Waals surface area (Å²) in [6.45, 7) is 0.330. The lowest BCUT2D eigenvalue weighted by Crippen LogP contribution is -2.24. The Morgan fingerprint density at radius 2 is 1.95 bits per heavy atom. The van der Waals surface area contributed by atoms with E-state index in [1.54, 1.807) is 6.20 Å². The number of carbonyl (C=O) groups excluding carboxylic acids is 1. The molecule has 0 radical (unpaired) electrons. The minimum atomic E-state index is -3.48. The summed E-state index contributed by atoms with van der Waals surface area (Å²) in [4.78, 5) is 18.8. The normalized spacial score (nSPS) is 11.6. The zero-order chi connectivity index (χ0) is 15.5. The molecular weight excluding hydrogens is 292 g/mol. The van der Waals surface area contributed by atoms with Crippen molar-refractivity contribution >= 4 is 15.9 Å². The van der Waals surface area contributed by atoms with Gasteiger partial charge >= 0.3 is 0 Å². The summed E-state index contributed by atoms with van der Waals surface area (Å²) < 4.78 is 24.9. The molecule has 2 aromatic rings. The van der Waals surface area contributed by atoms with Gasteiger partial charge in [0.1, 0.15) is 0 Å². The first-order chi connectivity index (χ1) is 9.91. The van der Waals surface area contributed by atoms with E-state index in [1.807, 2.05) is 0 Å². The minimum absolute atomic E-state index is 0.151. The van der Waals surface area contributed by atoms with Gasteiger partial charge in [0, 0.05) is 25.9 Å². The van der Waals surface area contributed by atoms with Crippen molar-refractivity contribution in [1.29, 1.82) is 0 Å². The van der Waals surface area contributed by atoms with Crippen LogP contribution in [0.25, 0.3) is 0 Å². The van der Waals surface area contributed by atoms with Crippen LogP contribution in [-0.2, 0) is 16.6 Å². The Hall–Kier alpha value is -2.19. The Kier molecular flexibility index (Phi) is 4.39. The average Bonchev–Trinajstić information content (AvgIpc) is 2.98. The highest BCUT2D eigenvalue weighted by molar-refractivity contribution is 7.89. The molecule has 0 spiro atoms. The molecule has 21 heavy (non-hydrogen) atoms. The maximum Gasteiger partial charge on any atom is 0.251 e. The van der Waals surface area contributed by atoms with E-state index in [9.17, 15) is 13.2 Å². The van der Waals surface area contributed by atoms with Gasteiger partial charge < -0.3 is 10.3 Å². The van der Waals surface area contributed by atoms with Crippen molar-refractivity contribution in [3.05, 3.63) is 48.0 Å². The molecule has 0 aliphatic carbocycles. The fraction of sp³-hybridized carbons (Fsp3) is 0.231. The van der Waals surface area contributed by atoms with Crippen molar-refractivity contribution in [2.24, 2.45) is 0 Å². The molecule has 0 aliphatic heterocycles. The molecule has 8 heteroatoms. The zero-order valence-corrected chi connectivity index (χ0v) is 12.5. The number of benzene rings is 1. The fourth-order valence-corrected chi connectivity index (χ4v) is 2.55. The van der Waals surface area contributed by atoms with E-state index in [-0.39, 0.29) is 10.8 Å². The molecule has 0 saturated heterocycles. The van der Waals surface area contributed by atoms with Crippen molar-refractivity contribution in [2.45, 2.75) is 11.4 Å². The lowest BCUT2D eigenvalue weighted by molar-refractivity contribution is 0.0950. The third-order valence-electron chi connectivity index (χ3n) is 2.89. The smallest absolute Gasteiger partial charge is 0.251 e. The van der Waals surface area contributed by atoms with Crippen LogP contribution in [0.1, 0.15) is 16.1 Å². The van der Waals surface area contributed by atoms with Gasteiger partial charge in [0.05, 0.1) is 23.5 Å². The number of nitrogens with one attached hydrogen (secondary N) is 2. The minimum Gasteiger partial charge on any atom is -0.347 e. The monoisotopic (exact) mass is 308 g/mol. The summed E-state index contributed by atoms with van der Waals surface area (Å²) >= 11 is 0. The van der Waals surface area contributed by atoms with Crippen LogP contribution in [0.2, 0.25) is 0 Å². The van der Waals surface area contributed by atoms with Gasteiger partial charge in [0.2, 0.25) is 10.0 Å². The van der Waals surface area contributed by atoms with E-state index in [1.165, 1.54) is 44.7 Å². The maximum absolute atomic E-state index is 11.9. The predicted molar refractivity (Wildman–Crippen MR) is 77.1 cm³/mol. The number of carbonyl (C=O) groups is 1. The van der Waals surface area contributed by atoms with Crippen molar-refractivity contribution in [1.82, 2.24) is 19.6 Å². The van der Waals surface area contributed by atoms with Gasteiger partial charge in [0.15, 0.2) is 0 Å². The van der Waals surface area contributed by atoms with E-state index >= 15 is 0 Å². The van der Waals surface area contributed by atoms with E-state index < -0.39 is 10.0 Å². The summed E-state index contributed by atoms with van der Waals surface area (Å²) in [5.41, 5.74) is 1.18. The van der Waals surface area contributed by atoms with Crippen LogP contribution < -0.4 is 5.32 Å².